The van der Waals surface area contributed by atoms with Crippen molar-refractivity contribution in [2.45, 2.75) is 156 Å². The molecule has 4 amide bonds. The second kappa shape index (κ2) is 10.3. The number of carbonyl (C=O) groups is 4. The predicted molar refractivity (Wildman–Crippen MR) is 241 cm³/mol. The molecular weight excluding hydrogens is 821 g/mol. The van der Waals surface area contributed by atoms with Crippen molar-refractivity contribution in [3.63, 3.8) is 0 Å². The lowest BCUT2D eigenvalue weighted by molar-refractivity contribution is -0.217. The first-order chi connectivity index (χ1) is 30.7. The van der Waals surface area contributed by atoms with Crippen LogP contribution in [-0.4, -0.2) is 102 Å². The number of rotatable bonds is 0. The van der Waals surface area contributed by atoms with Crippen molar-refractivity contribution in [3.8, 4) is 11.5 Å². The normalized spacial score (nSPS) is 42.0. The van der Waals surface area contributed by atoms with Gasteiger partial charge in [0.1, 0.15) is 44.9 Å². The van der Waals surface area contributed by atoms with E-state index in [1.165, 1.54) is 5.06 Å². The van der Waals surface area contributed by atoms with Crippen LogP contribution in [0.2, 0.25) is 0 Å². The number of piperazine rings is 2. The molecule has 1 saturated carbocycles. The van der Waals surface area contributed by atoms with E-state index in [-0.39, 0.29) is 23.6 Å². The number of nitrogens with one attached hydrogen (secondary N) is 2. The molecule has 0 radical (unpaired) electrons. The quantitative estimate of drug-likeness (QED) is 0.273. The van der Waals surface area contributed by atoms with Gasteiger partial charge in [-0.15, -0.1) is 0 Å². The van der Waals surface area contributed by atoms with Gasteiger partial charge in [-0.2, -0.15) is 0 Å². The van der Waals surface area contributed by atoms with E-state index in [9.17, 15) is 0 Å². The Morgan fingerprint density at radius 1 is 0.723 bits per heavy atom. The van der Waals surface area contributed by atoms with Crippen LogP contribution in [0.3, 0.4) is 0 Å². The summed E-state index contributed by atoms with van der Waals surface area (Å²) in [6.45, 7) is 17.7. The Labute approximate surface area is 377 Å². The number of aromatic nitrogens is 1. The van der Waals surface area contributed by atoms with Crippen LogP contribution in [0.4, 0.5) is 5.69 Å². The van der Waals surface area contributed by atoms with Gasteiger partial charge in [0.05, 0.1) is 17.0 Å². The van der Waals surface area contributed by atoms with Gasteiger partial charge in [-0.1, -0.05) is 33.8 Å². The third kappa shape index (κ3) is 3.46. The number of benzene rings is 2. The van der Waals surface area contributed by atoms with Crippen molar-refractivity contribution in [3.05, 3.63) is 69.6 Å². The van der Waals surface area contributed by atoms with Crippen LogP contribution in [0.1, 0.15) is 128 Å². The molecular formula is C52H55N6O7-. The summed E-state index contributed by atoms with van der Waals surface area (Å²) in [5, 5.41) is 22.2. The number of H-pyrrole nitrogens is 1. The van der Waals surface area contributed by atoms with Gasteiger partial charge in [-0.3, -0.25) is 19.2 Å². The van der Waals surface area contributed by atoms with Crippen molar-refractivity contribution in [2.24, 2.45) is 17.3 Å². The number of aromatic amines is 1. The largest absolute Gasteiger partial charge is 0.758 e. The standard InChI is InChI=1S/C52H55N6O7/c1-44(2)19-15-25-29(64-44)13-11-27-33-36-50-28-12-14-30-26(16-20-45(3,4)65-30)35(28)58(63)38(50)47(7,8)31-23-48-17-9-21-55(48)42(61)51(31,54-40(48)59)39(50)57-41(60)49-18-10-22-56(49)43(62)52(36,57)32(24-49)46(5,6)37(33)53-34(25)27/h11-16,19-20,31-32,36,38-39,53H,9-10,17-18,21-24H2,1-8H3,(H,54,59)/q-1. The van der Waals surface area contributed by atoms with Crippen LogP contribution in [0.15, 0.2) is 36.4 Å². The minimum Gasteiger partial charge on any atom is -0.758 e. The molecule has 10 unspecified atom stereocenters. The highest BCUT2D eigenvalue weighted by Gasteiger charge is 2.94. The summed E-state index contributed by atoms with van der Waals surface area (Å²) in [6, 6.07) is 6.16. The fourth-order valence-corrected chi connectivity index (χ4v) is 18.2. The number of nitrogens with zero attached hydrogens (tertiary/aromatic N) is 4. The molecule has 13 nitrogen and oxygen atoms in total. The molecule has 12 aliphatic heterocycles. The van der Waals surface area contributed by atoms with Gasteiger partial charge in [0.2, 0.25) is 17.7 Å². The number of fused-ring (bicyclic) bond motifs is 10. The lowest BCUT2D eigenvalue weighted by atomic mass is 9.38. The third-order valence-corrected chi connectivity index (χ3v) is 20.2. The summed E-state index contributed by atoms with van der Waals surface area (Å²) in [4.78, 5) is 74.6. The zero-order valence-electron chi connectivity index (χ0n) is 38.3. The van der Waals surface area contributed by atoms with Crippen LogP contribution in [0.5, 0.6) is 11.5 Å². The van der Waals surface area contributed by atoms with Gasteiger partial charge in [-0.25, -0.2) is 0 Å². The first-order valence-electron chi connectivity index (χ1n) is 24.1. The number of hydrogen-bond acceptors (Lipinski definition) is 8. The van der Waals surface area contributed by atoms with Crippen molar-refractivity contribution in [1.82, 2.24) is 25.0 Å². The Balaban J connectivity index is 1.15. The molecule has 336 valence electrons. The number of ether oxygens (including phenoxy) is 2. The number of hydrogen-bond donors (Lipinski definition) is 2. The minimum absolute atomic E-state index is 0.0881. The van der Waals surface area contributed by atoms with E-state index >= 15 is 24.4 Å². The van der Waals surface area contributed by atoms with E-state index in [0.717, 1.165) is 33.5 Å². The number of amides is 4. The zero-order valence-corrected chi connectivity index (χ0v) is 38.3. The second-order valence-electron chi connectivity index (χ2n) is 24.3. The van der Waals surface area contributed by atoms with Crippen LogP contribution >= 0.6 is 0 Å². The Kier molecular flexibility index (Phi) is 6.01. The van der Waals surface area contributed by atoms with Gasteiger partial charge in [0, 0.05) is 70.2 Å². The van der Waals surface area contributed by atoms with E-state index in [4.69, 9.17) is 9.47 Å². The molecule has 1 aromatic heterocycles. The second-order valence-corrected chi connectivity index (χ2v) is 24.3. The Hall–Kier alpha value is -5.30. The SMILES string of the molecule is CC1(C)C=Cc2c(ccc3c2N([O-])C2C(C)(C)C4CC56CCCN5C(=O)C4(NC6=O)C4N5C(=O)C67CCCN6C(=O)C56C(C7)C(C)(C)c5[nH]c7c8c(ccc7c5C6C324)OC(C)(C)C=C8)O1. The molecule has 2 aliphatic carbocycles. The topological polar surface area (TPSA) is 151 Å². The maximum Gasteiger partial charge on any atom is 0.251 e. The maximum atomic E-state index is 16.7. The van der Waals surface area contributed by atoms with Crippen molar-refractivity contribution >= 4 is 52.4 Å². The van der Waals surface area contributed by atoms with Gasteiger partial charge >= 0.3 is 0 Å². The predicted octanol–water partition coefficient (Wildman–Crippen LogP) is 6.17. The molecule has 10 fully saturated rings. The third-order valence-electron chi connectivity index (χ3n) is 20.2. The van der Waals surface area contributed by atoms with E-state index in [1.54, 1.807) is 0 Å². The van der Waals surface area contributed by atoms with Crippen LogP contribution in [0, 0.1) is 22.5 Å². The highest BCUT2D eigenvalue weighted by atomic mass is 16.5. The Bertz CT molecular complexity index is 3000. The first-order valence-corrected chi connectivity index (χ1v) is 24.1. The smallest absolute Gasteiger partial charge is 0.251 e. The van der Waals surface area contributed by atoms with Crippen molar-refractivity contribution in [1.29, 1.82) is 0 Å². The zero-order chi connectivity index (χ0) is 44.9. The molecule has 4 bridgehead atoms. The number of carbonyl (C=O) groups excluding carboxylic acids is 4. The van der Waals surface area contributed by atoms with Gasteiger partial charge in [0.25, 0.3) is 5.91 Å². The van der Waals surface area contributed by atoms with E-state index in [2.05, 4.69) is 56.2 Å². The number of piperidine rings is 4. The minimum atomic E-state index is -1.64. The molecule has 65 heavy (non-hydrogen) atoms. The van der Waals surface area contributed by atoms with Crippen molar-refractivity contribution < 1.29 is 28.7 Å². The van der Waals surface area contributed by atoms with Crippen LogP contribution < -0.4 is 19.9 Å². The van der Waals surface area contributed by atoms with Crippen LogP contribution in [-0.2, 0) is 30.0 Å². The molecule has 2 N–H and O–H groups in total. The average Bonchev–Trinajstić information content (AvgIpc) is 4.06. The van der Waals surface area contributed by atoms with E-state index in [1.807, 2.05) is 72.7 Å². The fraction of sp³-hybridized carbons (Fsp3) is 0.577. The molecule has 3 aromatic rings. The molecule has 14 aliphatic rings. The van der Waals surface area contributed by atoms with E-state index < -0.39 is 79.4 Å². The first kappa shape index (κ1) is 37.9. The summed E-state index contributed by atoms with van der Waals surface area (Å²) in [5.74, 6) is -1.01. The molecule has 2 aromatic carbocycles. The van der Waals surface area contributed by atoms with Gasteiger partial charge in [-0.05, 0) is 125 Å². The summed E-state index contributed by atoms with van der Waals surface area (Å²) in [5.41, 5.74) is -4.01. The van der Waals surface area contributed by atoms with E-state index in [0.29, 0.717) is 74.2 Å². The molecule has 9 saturated heterocycles. The number of anilines is 1. The van der Waals surface area contributed by atoms with Crippen molar-refractivity contribution in [2.75, 3.05) is 18.2 Å². The monoisotopic (exact) mass is 875 g/mol. The molecule has 5 spiro atoms. The lowest BCUT2D eigenvalue weighted by Gasteiger charge is -2.73. The number of hydroxylamine groups is 1. The Morgan fingerprint density at radius 3 is 2.08 bits per heavy atom. The summed E-state index contributed by atoms with van der Waals surface area (Å²) in [7, 11) is 0. The highest BCUT2D eigenvalue weighted by Crippen LogP contribution is 2.82. The summed E-state index contributed by atoms with van der Waals surface area (Å²) >= 11 is 0. The summed E-state index contributed by atoms with van der Waals surface area (Å²) < 4.78 is 13.2. The van der Waals surface area contributed by atoms with Gasteiger partial charge < -0.3 is 44.7 Å². The average molecular weight is 876 g/mol. The highest BCUT2D eigenvalue weighted by molar-refractivity contribution is 6.12. The molecule has 10 atom stereocenters. The lowest BCUT2D eigenvalue weighted by Crippen LogP contribution is -2.93. The Morgan fingerprint density at radius 2 is 1.35 bits per heavy atom. The van der Waals surface area contributed by atoms with Crippen LogP contribution in [0.25, 0.3) is 23.1 Å². The van der Waals surface area contributed by atoms with Gasteiger partial charge in [0.15, 0.2) is 0 Å². The summed E-state index contributed by atoms with van der Waals surface area (Å²) in [6.07, 6.45) is 11.5. The maximum absolute atomic E-state index is 16.7. The molecule has 17 rings (SSSR count). The fourth-order valence-electron chi connectivity index (χ4n) is 18.2. The molecule has 13 heteroatoms. The molecule has 13 heterocycles.